The summed E-state index contributed by atoms with van der Waals surface area (Å²) in [7, 11) is 0. The van der Waals surface area contributed by atoms with Crippen LogP contribution in [-0.4, -0.2) is 63.8 Å². The summed E-state index contributed by atoms with van der Waals surface area (Å²) in [6, 6.07) is 2.04. The fraction of sp³-hybridized carbons (Fsp3) is 0.600. The van der Waals surface area contributed by atoms with E-state index in [1.807, 2.05) is 0 Å². The van der Waals surface area contributed by atoms with Gasteiger partial charge in [-0.05, 0) is 33.1 Å². The second-order valence-corrected chi connectivity index (χ2v) is 8.17. The molecule has 4 rings (SSSR count). The first-order valence-electron chi connectivity index (χ1n) is 10.1. The molecule has 2 aliphatic rings. The van der Waals surface area contributed by atoms with Crippen molar-refractivity contribution >= 4 is 17.1 Å². The van der Waals surface area contributed by atoms with Crippen molar-refractivity contribution < 1.29 is 18.3 Å². The Labute approximate surface area is 167 Å². The fourth-order valence-corrected chi connectivity index (χ4v) is 4.72. The summed E-state index contributed by atoms with van der Waals surface area (Å²) in [4.78, 5) is 31.2. The third kappa shape index (κ3) is 3.52. The highest BCUT2D eigenvalue weighted by Crippen LogP contribution is 2.34. The Balaban J connectivity index is 1.47. The van der Waals surface area contributed by atoms with Crippen molar-refractivity contribution in [3.8, 4) is 0 Å². The third-order valence-corrected chi connectivity index (χ3v) is 6.33. The number of rotatable bonds is 3. The number of hydrogen-bond donors (Lipinski definition) is 1. The minimum atomic E-state index is -0.971. The van der Waals surface area contributed by atoms with Crippen molar-refractivity contribution in [1.29, 1.82) is 0 Å². The molecule has 0 aliphatic carbocycles. The molecule has 2 aromatic rings. The van der Waals surface area contributed by atoms with E-state index in [0.717, 1.165) is 44.5 Å². The van der Waals surface area contributed by atoms with E-state index in [1.54, 1.807) is 16.4 Å². The minimum Gasteiger partial charge on any atom is -0.450 e. The molecule has 0 bridgehead atoms. The number of aromatic nitrogens is 2. The Hall–Kier alpha value is -2.42. The predicted octanol–water partition coefficient (Wildman–Crippen LogP) is 2.87. The van der Waals surface area contributed by atoms with Crippen molar-refractivity contribution in [1.82, 2.24) is 19.4 Å². The Morgan fingerprint density at radius 1 is 1.24 bits per heavy atom. The average Bonchev–Trinajstić information content (AvgIpc) is 3.23. The molecule has 0 saturated carbocycles. The first-order chi connectivity index (χ1) is 13.8. The summed E-state index contributed by atoms with van der Waals surface area (Å²) < 4.78 is 33.9. The standard InChI is InChI=1S/C20H26F2N4O3/c1-3-29-19(28)24-9-6-20(2,12-24)25-7-4-13(5-8-25)26-17-11-15(22)14(21)10-16(17)23-18(26)27/h10-11,13H,3-9,12H2,1-2H3,(H,23,27). The quantitative estimate of drug-likeness (QED) is 0.848. The molecular formula is C20H26F2N4O3. The van der Waals surface area contributed by atoms with Gasteiger partial charge in [-0.1, -0.05) is 0 Å². The van der Waals surface area contributed by atoms with Crippen molar-refractivity contribution in [2.75, 3.05) is 32.8 Å². The van der Waals surface area contributed by atoms with Gasteiger partial charge in [0.25, 0.3) is 0 Å². The number of benzene rings is 1. The van der Waals surface area contributed by atoms with Crippen molar-refractivity contribution in [3.63, 3.8) is 0 Å². The fourth-order valence-electron chi connectivity index (χ4n) is 4.72. The molecule has 2 fully saturated rings. The number of carbonyl (C=O) groups is 1. The molecule has 1 atom stereocenters. The molecule has 1 amide bonds. The number of carbonyl (C=O) groups excluding carboxylic acids is 1. The summed E-state index contributed by atoms with van der Waals surface area (Å²) >= 11 is 0. The SMILES string of the molecule is CCOC(=O)N1CCC(C)(N2CCC(n3c(=O)[nH]c4cc(F)c(F)cc43)CC2)C1. The van der Waals surface area contributed by atoms with Crippen molar-refractivity contribution in [2.45, 2.75) is 44.7 Å². The molecular weight excluding hydrogens is 382 g/mol. The van der Waals surface area contributed by atoms with Crippen LogP contribution in [0.25, 0.3) is 11.0 Å². The average molecular weight is 408 g/mol. The van der Waals surface area contributed by atoms with Crippen LogP contribution in [0.3, 0.4) is 0 Å². The van der Waals surface area contributed by atoms with Gasteiger partial charge in [0.15, 0.2) is 11.6 Å². The lowest BCUT2D eigenvalue weighted by Gasteiger charge is -2.43. The van der Waals surface area contributed by atoms with Crippen LogP contribution in [0, 0.1) is 11.6 Å². The summed E-state index contributed by atoms with van der Waals surface area (Å²) in [6.45, 7) is 7.13. The third-order valence-electron chi connectivity index (χ3n) is 6.33. The number of fused-ring (bicyclic) bond motifs is 1. The highest BCUT2D eigenvalue weighted by Gasteiger charge is 2.42. The van der Waals surface area contributed by atoms with Gasteiger partial charge < -0.3 is 14.6 Å². The van der Waals surface area contributed by atoms with Gasteiger partial charge in [-0.3, -0.25) is 9.47 Å². The number of halogens is 2. The van der Waals surface area contributed by atoms with Gasteiger partial charge >= 0.3 is 11.8 Å². The molecule has 29 heavy (non-hydrogen) atoms. The number of nitrogens with one attached hydrogen (secondary N) is 1. The Morgan fingerprint density at radius 3 is 2.62 bits per heavy atom. The maximum absolute atomic E-state index is 13.7. The highest BCUT2D eigenvalue weighted by atomic mass is 19.2. The van der Waals surface area contributed by atoms with Gasteiger partial charge in [-0.2, -0.15) is 0 Å². The summed E-state index contributed by atoms with van der Waals surface area (Å²) in [5.41, 5.74) is 0.235. The van der Waals surface area contributed by atoms with Crippen LogP contribution in [0.5, 0.6) is 0 Å². The molecule has 1 aromatic heterocycles. The minimum absolute atomic E-state index is 0.0801. The first kappa shape index (κ1) is 19.9. The molecule has 7 nitrogen and oxygen atoms in total. The molecule has 2 saturated heterocycles. The van der Waals surface area contributed by atoms with Crippen molar-refractivity contribution in [2.24, 2.45) is 0 Å². The highest BCUT2D eigenvalue weighted by molar-refractivity contribution is 5.75. The maximum Gasteiger partial charge on any atom is 0.409 e. The van der Waals surface area contributed by atoms with Crippen molar-refractivity contribution in [3.05, 3.63) is 34.3 Å². The van der Waals surface area contributed by atoms with E-state index in [0.29, 0.717) is 30.7 Å². The van der Waals surface area contributed by atoms with E-state index in [2.05, 4.69) is 16.8 Å². The summed E-state index contributed by atoms with van der Waals surface area (Å²) in [5.74, 6) is -1.93. The molecule has 158 valence electrons. The number of hydrogen-bond acceptors (Lipinski definition) is 4. The van der Waals surface area contributed by atoms with E-state index in [9.17, 15) is 18.4 Å². The Kier molecular flexibility index (Phi) is 5.10. The number of ether oxygens (including phenoxy) is 1. The first-order valence-corrected chi connectivity index (χ1v) is 10.1. The number of piperidine rings is 1. The molecule has 1 unspecified atom stereocenters. The smallest absolute Gasteiger partial charge is 0.409 e. The number of amides is 1. The van der Waals surface area contributed by atoms with Crippen LogP contribution in [0.1, 0.15) is 39.2 Å². The largest absolute Gasteiger partial charge is 0.450 e. The molecule has 0 radical (unpaired) electrons. The summed E-state index contributed by atoms with van der Waals surface area (Å²) in [6.07, 6.45) is 2.04. The van der Waals surface area contributed by atoms with E-state index < -0.39 is 11.6 Å². The van der Waals surface area contributed by atoms with Gasteiger partial charge in [-0.15, -0.1) is 0 Å². The molecule has 1 aromatic carbocycles. The van der Waals surface area contributed by atoms with Crippen LogP contribution in [0.4, 0.5) is 13.6 Å². The van der Waals surface area contributed by atoms with E-state index in [-0.39, 0.29) is 23.4 Å². The van der Waals surface area contributed by atoms with Crippen LogP contribution in [-0.2, 0) is 4.74 Å². The number of likely N-dealkylation sites (tertiary alicyclic amines) is 2. The zero-order valence-corrected chi connectivity index (χ0v) is 16.7. The molecule has 9 heteroatoms. The van der Waals surface area contributed by atoms with Crippen LogP contribution >= 0.6 is 0 Å². The lowest BCUT2D eigenvalue weighted by Crippen LogP contribution is -2.52. The monoisotopic (exact) mass is 408 g/mol. The molecule has 2 aliphatic heterocycles. The molecule has 1 N–H and O–H groups in total. The van der Waals surface area contributed by atoms with Gasteiger partial charge in [0.2, 0.25) is 0 Å². The van der Waals surface area contributed by atoms with Gasteiger partial charge in [-0.25, -0.2) is 18.4 Å². The zero-order chi connectivity index (χ0) is 20.8. The second-order valence-electron chi connectivity index (χ2n) is 8.17. The van der Waals surface area contributed by atoms with E-state index in [4.69, 9.17) is 4.74 Å². The van der Waals surface area contributed by atoms with Crippen LogP contribution in [0.15, 0.2) is 16.9 Å². The molecule has 3 heterocycles. The van der Waals surface area contributed by atoms with E-state index in [1.165, 1.54) is 0 Å². The number of aromatic amines is 1. The van der Waals surface area contributed by atoms with Gasteiger partial charge in [0.05, 0.1) is 17.6 Å². The predicted molar refractivity (Wildman–Crippen MR) is 104 cm³/mol. The summed E-state index contributed by atoms with van der Waals surface area (Å²) in [5, 5.41) is 0. The lowest BCUT2D eigenvalue weighted by atomic mass is 9.94. The van der Waals surface area contributed by atoms with E-state index >= 15 is 0 Å². The maximum atomic E-state index is 13.7. The Morgan fingerprint density at radius 2 is 1.93 bits per heavy atom. The van der Waals surface area contributed by atoms with Gasteiger partial charge in [0, 0.05) is 49.9 Å². The topological polar surface area (TPSA) is 70.6 Å². The van der Waals surface area contributed by atoms with Crippen LogP contribution < -0.4 is 5.69 Å². The Bertz CT molecular complexity index is 980. The lowest BCUT2D eigenvalue weighted by molar-refractivity contribution is 0.0640. The normalized spacial score (nSPS) is 23.8. The second kappa shape index (κ2) is 7.44. The number of H-pyrrole nitrogens is 1. The zero-order valence-electron chi connectivity index (χ0n) is 16.7. The molecule has 0 spiro atoms. The number of imidazole rings is 1. The van der Waals surface area contributed by atoms with Crippen LogP contribution in [0.2, 0.25) is 0 Å². The van der Waals surface area contributed by atoms with Gasteiger partial charge in [0.1, 0.15) is 0 Å². The number of nitrogens with zero attached hydrogens (tertiary/aromatic N) is 3.